The first-order valence-corrected chi connectivity index (χ1v) is 5.68. The van der Waals surface area contributed by atoms with Gasteiger partial charge >= 0.3 is 11.4 Å². The molecule has 1 aromatic carbocycles. The largest absolute Gasteiger partial charge is 0.624 e. The summed E-state index contributed by atoms with van der Waals surface area (Å²) in [5.74, 6) is -1.28. The molecule has 5 heteroatoms. The van der Waals surface area contributed by atoms with Crippen molar-refractivity contribution in [3.8, 4) is 0 Å². The molecule has 1 unspecified atom stereocenters. The summed E-state index contributed by atoms with van der Waals surface area (Å²) in [6.45, 7) is 1.84. The summed E-state index contributed by atoms with van der Waals surface area (Å²) in [5, 5.41) is 9.25. The minimum atomic E-state index is -2.14. The van der Waals surface area contributed by atoms with Crippen LogP contribution in [-0.2, 0) is 9.53 Å². The molecule has 0 spiro atoms. The topological polar surface area (TPSA) is 69.6 Å². The molecular weight excluding hydrogens is 215 g/mol. The van der Waals surface area contributed by atoms with E-state index >= 15 is 0 Å². The average Bonchev–Trinajstić information content (AvgIpc) is 2.26. The van der Waals surface area contributed by atoms with Crippen molar-refractivity contribution < 1.29 is 19.5 Å². The Morgan fingerprint density at radius 2 is 2.07 bits per heavy atom. The standard InChI is InChI=1S/C10H11O4P/c1-2-14-10(9(11)12)15(13)8-6-4-3-5-7-8/h3-7H,2H2,1H3,(H,11,12). The Labute approximate surface area is 88.6 Å². The number of benzene rings is 1. The molecule has 0 amide bonds. The van der Waals surface area contributed by atoms with Crippen LogP contribution in [0.4, 0.5) is 0 Å². The summed E-state index contributed by atoms with van der Waals surface area (Å²) in [6.07, 6.45) is 0. The second kappa shape index (κ2) is 5.61. The highest BCUT2D eigenvalue weighted by Gasteiger charge is 2.21. The van der Waals surface area contributed by atoms with Crippen LogP contribution in [0.1, 0.15) is 6.92 Å². The van der Waals surface area contributed by atoms with Crippen LogP contribution in [0.5, 0.6) is 0 Å². The lowest BCUT2D eigenvalue weighted by Gasteiger charge is -2.02. The zero-order valence-corrected chi connectivity index (χ0v) is 9.11. The lowest BCUT2D eigenvalue weighted by molar-refractivity contribution is -0.151. The molecule has 0 heterocycles. The second-order valence-electron chi connectivity index (χ2n) is 2.67. The van der Waals surface area contributed by atoms with Gasteiger partial charge in [0.05, 0.1) is 6.61 Å². The summed E-state index contributed by atoms with van der Waals surface area (Å²) < 4.78 is 4.85. The van der Waals surface area contributed by atoms with Gasteiger partial charge in [-0.05, 0) is 19.1 Å². The van der Waals surface area contributed by atoms with Crippen molar-refractivity contribution in [1.82, 2.24) is 0 Å². The van der Waals surface area contributed by atoms with Crippen molar-refractivity contribution in [1.29, 1.82) is 0 Å². The number of carbonyl (C=O) groups is 1. The van der Waals surface area contributed by atoms with Crippen molar-refractivity contribution in [2.24, 2.45) is 0 Å². The number of aliphatic carboxylic acids is 1. The zero-order valence-electron chi connectivity index (χ0n) is 8.21. The van der Waals surface area contributed by atoms with E-state index in [1.165, 1.54) is 0 Å². The van der Waals surface area contributed by atoms with Gasteiger partial charge in [0, 0.05) is 0 Å². The minimum absolute atomic E-state index is 0.190. The normalized spacial score (nSPS) is 12.1. The van der Waals surface area contributed by atoms with Gasteiger partial charge in [-0.2, -0.15) is 0 Å². The van der Waals surface area contributed by atoms with Gasteiger partial charge in [-0.3, -0.25) is 0 Å². The summed E-state index contributed by atoms with van der Waals surface area (Å²) in [5.41, 5.74) is -0.390. The Bertz CT molecular complexity index is 372. The van der Waals surface area contributed by atoms with E-state index in [1.807, 2.05) is 0 Å². The highest BCUT2D eigenvalue weighted by molar-refractivity contribution is 7.61. The van der Waals surface area contributed by atoms with Crippen LogP contribution >= 0.6 is 7.77 Å². The van der Waals surface area contributed by atoms with E-state index in [9.17, 15) is 9.69 Å². The number of hydrogen-bond acceptors (Lipinski definition) is 3. The molecule has 0 saturated heterocycles. The van der Waals surface area contributed by atoms with E-state index in [0.29, 0.717) is 5.30 Å². The van der Waals surface area contributed by atoms with Gasteiger partial charge in [0.2, 0.25) is 0 Å². The van der Waals surface area contributed by atoms with Crippen LogP contribution in [0.3, 0.4) is 0 Å². The van der Waals surface area contributed by atoms with Gasteiger partial charge in [-0.1, -0.05) is 18.2 Å². The van der Waals surface area contributed by atoms with Gasteiger partial charge in [0.15, 0.2) is 0 Å². The first-order valence-electron chi connectivity index (χ1n) is 4.42. The third-order valence-corrected chi connectivity index (χ3v) is 3.10. The molecular formula is C10H11O4P. The maximum Gasteiger partial charge on any atom is 0.404 e. The van der Waals surface area contributed by atoms with E-state index in [4.69, 9.17) is 9.84 Å². The third-order valence-electron chi connectivity index (χ3n) is 1.64. The molecule has 0 aliphatic carbocycles. The lowest BCUT2D eigenvalue weighted by atomic mass is 10.4. The monoisotopic (exact) mass is 226 g/mol. The van der Waals surface area contributed by atoms with Gasteiger partial charge in [0.25, 0.3) is 0 Å². The molecule has 1 rings (SSSR count). The van der Waals surface area contributed by atoms with Crippen LogP contribution in [-0.4, -0.2) is 23.2 Å². The van der Waals surface area contributed by atoms with Crippen LogP contribution in [0, 0.1) is 0 Å². The van der Waals surface area contributed by atoms with Gasteiger partial charge in [0.1, 0.15) is 13.1 Å². The van der Waals surface area contributed by atoms with E-state index in [0.717, 1.165) is 0 Å². The quantitative estimate of drug-likeness (QED) is 0.750. The Hall–Kier alpha value is -1.22. The van der Waals surface area contributed by atoms with Crippen molar-refractivity contribution in [2.45, 2.75) is 6.92 Å². The number of carboxylic acids is 1. The minimum Gasteiger partial charge on any atom is -0.624 e. The SMILES string of the molecule is CCOC(C(=O)O)=[P+]([O-])c1ccccc1. The maximum atomic E-state index is 11.8. The van der Waals surface area contributed by atoms with Gasteiger partial charge in [-0.25, -0.2) is 4.79 Å². The molecule has 1 aromatic rings. The Balaban J connectivity index is 3.10. The molecule has 80 valence electrons. The van der Waals surface area contributed by atoms with Crippen LogP contribution < -0.4 is 10.2 Å². The Morgan fingerprint density at radius 3 is 2.53 bits per heavy atom. The van der Waals surface area contributed by atoms with Crippen LogP contribution in [0.2, 0.25) is 0 Å². The molecule has 0 aliphatic heterocycles. The number of rotatable bonds is 4. The second-order valence-corrected chi connectivity index (χ2v) is 4.18. The molecule has 1 N–H and O–H groups in total. The fourth-order valence-corrected chi connectivity index (χ4v) is 2.12. The van der Waals surface area contributed by atoms with Crippen molar-refractivity contribution in [3.05, 3.63) is 30.3 Å². The zero-order chi connectivity index (χ0) is 11.3. The fraction of sp³-hybridized carbons (Fsp3) is 0.200. The third kappa shape index (κ3) is 3.13. The van der Waals surface area contributed by atoms with E-state index in [2.05, 4.69) is 0 Å². The molecule has 4 nitrogen and oxygen atoms in total. The first kappa shape index (κ1) is 11.9. The maximum absolute atomic E-state index is 11.8. The summed E-state index contributed by atoms with van der Waals surface area (Å²) in [4.78, 5) is 22.5. The summed E-state index contributed by atoms with van der Waals surface area (Å²) >= 11 is 0. The van der Waals surface area contributed by atoms with Crippen LogP contribution in [0.15, 0.2) is 30.3 Å². The molecule has 0 bridgehead atoms. The Kier molecular flexibility index (Phi) is 4.43. The molecule has 1 atom stereocenters. The van der Waals surface area contributed by atoms with Crippen molar-refractivity contribution >= 4 is 24.5 Å². The number of carboxylic acid groups (broad SMARTS) is 1. The van der Waals surface area contributed by atoms with E-state index < -0.39 is 19.2 Å². The van der Waals surface area contributed by atoms with Gasteiger partial charge < -0.3 is 14.7 Å². The predicted octanol–water partition coefficient (Wildman–Crippen LogP) is 0.320. The first-order chi connectivity index (χ1) is 7.16. The van der Waals surface area contributed by atoms with Crippen molar-refractivity contribution in [3.63, 3.8) is 0 Å². The number of ether oxygens (including phenoxy) is 1. The molecule has 0 saturated carbocycles. The molecule has 0 aromatic heterocycles. The molecule has 15 heavy (non-hydrogen) atoms. The highest BCUT2D eigenvalue weighted by Crippen LogP contribution is 2.14. The summed E-state index contributed by atoms with van der Waals surface area (Å²) in [7, 11) is -2.14. The van der Waals surface area contributed by atoms with Crippen LogP contribution in [0.25, 0.3) is 0 Å². The predicted molar refractivity (Wildman–Crippen MR) is 57.3 cm³/mol. The van der Waals surface area contributed by atoms with E-state index in [-0.39, 0.29) is 6.61 Å². The van der Waals surface area contributed by atoms with E-state index in [1.54, 1.807) is 37.3 Å². The fourth-order valence-electron chi connectivity index (χ4n) is 1.02. The van der Waals surface area contributed by atoms with Gasteiger partial charge in [-0.15, -0.1) is 0 Å². The number of hydrogen-bond donors (Lipinski definition) is 1. The highest BCUT2D eigenvalue weighted by atomic mass is 31.1. The smallest absolute Gasteiger partial charge is 0.404 e. The molecule has 0 radical (unpaired) electrons. The molecule has 0 fully saturated rings. The lowest BCUT2D eigenvalue weighted by Crippen LogP contribution is -2.22. The molecule has 0 aliphatic rings. The average molecular weight is 226 g/mol. The Morgan fingerprint density at radius 1 is 1.47 bits per heavy atom. The summed E-state index contributed by atoms with van der Waals surface area (Å²) in [6, 6.07) is 8.40. The van der Waals surface area contributed by atoms with Crippen molar-refractivity contribution in [2.75, 3.05) is 6.61 Å².